The van der Waals surface area contributed by atoms with Crippen LogP contribution in [-0.4, -0.2) is 37.0 Å². The first-order chi connectivity index (χ1) is 18.1. The number of fused-ring (bicyclic) bond motifs is 1. The molecule has 0 amide bonds. The maximum atomic E-state index is 10.6. The lowest BCUT2D eigenvalue weighted by molar-refractivity contribution is 0.0205. The minimum absolute atomic E-state index is 0.135. The quantitative estimate of drug-likeness (QED) is 0.305. The third kappa shape index (κ3) is 3.76. The van der Waals surface area contributed by atoms with Gasteiger partial charge >= 0.3 is 0 Å². The fourth-order valence-corrected chi connectivity index (χ4v) is 5.12. The van der Waals surface area contributed by atoms with E-state index in [0.29, 0.717) is 17.0 Å². The molecular weight excluding hydrogens is 464 g/mol. The Morgan fingerprint density at radius 3 is 1.81 bits per heavy atom. The summed E-state index contributed by atoms with van der Waals surface area (Å²) in [6, 6.07) is 34.5. The number of nitrogens with one attached hydrogen (secondary N) is 1. The number of hydrogen-bond donors (Lipinski definition) is 3. The van der Waals surface area contributed by atoms with Crippen molar-refractivity contribution < 1.29 is 14.9 Å². The van der Waals surface area contributed by atoms with Crippen molar-refractivity contribution in [3.63, 3.8) is 0 Å². The molecule has 0 aliphatic carbocycles. The summed E-state index contributed by atoms with van der Waals surface area (Å²) in [5.74, 6) is 0.737. The van der Waals surface area contributed by atoms with Gasteiger partial charge in [0.25, 0.3) is 0 Å². The molecular formula is C30H26N4O3. The molecule has 3 atom stereocenters. The Labute approximate surface area is 214 Å². The first-order valence-corrected chi connectivity index (χ1v) is 12.1. The topological polar surface area (TPSA) is 91.9 Å². The van der Waals surface area contributed by atoms with Gasteiger partial charge in [-0.1, -0.05) is 97.6 Å². The largest absolute Gasteiger partial charge is 0.483 e. The van der Waals surface area contributed by atoms with Crippen molar-refractivity contribution in [2.45, 2.75) is 23.9 Å². The Morgan fingerprint density at radius 2 is 1.32 bits per heavy atom. The Hall–Kier alpha value is -4.46. The number of benzene rings is 3. The molecule has 6 rings (SSSR count). The van der Waals surface area contributed by atoms with Crippen LogP contribution in [0.3, 0.4) is 0 Å². The van der Waals surface area contributed by atoms with Crippen LogP contribution in [0.5, 0.6) is 0 Å². The third-order valence-electron chi connectivity index (χ3n) is 6.94. The predicted molar refractivity (Wildman–Crippen MR) is 141 cm³/mol. The molecule has 2 aromatic heterocycles. The lowest BCUT2D eigenvalue weighted by atomic mass is 9.77. The Bertz CT molecular complexity index is 1440. The molecule has 3 N–H and O–H groups in total. The SMILES string of the molecule is C=C1O[C@@H](c2ccc3c(NC(c4ccccc4)(c4ccccc4)c4ccccc4)ncnn23)[C@H](O)[C@@H]1O. The minimum Gasteiger partial charge on any atom is -0.483 e. The van der Waals surface area contributed by atoms with E-state index < -0.39 is 23.9 Å². The minimum atomic E-state index is -1.16. The summed E-state index contributed by atoms with van der Waals surface area (Å²) in [5, 5.41) is 28.9. The van der Waals surface area contributed by atoms with Gasteiger partial charge < -0.3 is 20.3 Å². The second-order valence-corrected chi connectivity index (χ2v) is 9.08. The molecule has 0 unspecified atom stereocenters. The summed E-state index contributed by atoms with van der Waals surface area (Å²) in [6.07, 6.45) is -1.63. The van der Waals surface area contributed by atoms with Crippen LogP contribution in [0.25, 0.3) is 5.52 Å². The van der Waals surface area contributed by atoms with Crippen LogP contribution in [0.1, 0.15) is 28.5 Å². The van der Waals surface area contributed by atoms with Gasteiger partial charge in [0.1, 0.15) is 35.4 Å². The van der Waals surface area contributed by atoms with Gasteiger partial charge in [-0.05, 0) is 28.8 Å². The van der Waals surface area contributed by atoms with Crippen molar-refractivity contribution in [2.24, 2.45) is 0 Å². The molecule has 3 aromatic carbocycles. The highest BCUT2D eigenvalue weighted by atomic mass is 16.5. The lowest BCUT2D eigenvalue weighted by Crippen LogP contribution is -2.38. The number of aromatic nitrogens is 3. The summed E-state index contributed by atoms with van der Waals surface area (Å²) in [5.41, 5.74) is 3.67. The fourth-order valence-electron chi connectivity index (χ4n) is 5.12. The van der Waals surface area contributed by atoms with E-state index in [9.17, 15) is 10.2 Å². The standard InChI is InChI=1S/C30H26N4O3/c1-20-26(35)27(36)28(37-20)24-17-18-25-29(31-19-32-34(24)25)33-30(21-11-5-2-6-12-21,22-13-7-3-8-14-22)23-15-9-4-10-16-23/h2-19,26-28,35-36H,1H2,(H,31,32,33)/t26-,27-,28+/m1/s1. The van der Waals surface area contributed by atoms with Crippen molar-refractivity contribution in [1.29, 1.82) is 0 Å². The van der Waals surface area contributed by atoms with Crippen molar-refractivity contribution >= 4 is 11.3 Å². The predicted octanol–water partition coefficient (Wildman–Crippen LogP) is 4.44. The molecule has 1 fully saturated rings. The molecule has 37 heavy (non-hydrogen) atoms. The Balaban J connectivity index is 1.54. The van der Waals surface area contributed by atoms with Gasteiger partial charge in [-0.25, -0.2) is 9.50 Å². The van der Waals surface area contributed by atoms with Crippen LogP contribution in [0.15, 0.2) is 122 Å². The number of nitrogens with zero attached hydrogens (tertiary/aromatic N) is 3. The molecule has 7 heteroatoms. The smallest absolute Gasteiger partial charge is 0.169 e. The van der Waals surface area contributed by atoms with Gasteiger partial charge in [-0.15, -0.1) is 0 Å². The first-order valence-electron chi connectivity index (χ1n) is 12.1. The molecule has 0 bridgehead atoms. The van der Waals surface area contributed by atoms with Crippen LogP contribution < -0.4 is 5.32 Å². The Kier molecular flexibility index (Phi) is 5.71. The van der Waals surface area contributed by atoms with E-state index in [1.54, 1.807) is 4.52 Å². The van der Waals surface area contributed by atoms with Crippen LogP contribution in [0.4, 0.5) is 5.82 Å². The summed E-state index contributed by atoms with van der Waals surface area (Å²) in [6.45, 7) is 3.71. The number of aliphatic hydroxyl groups is 2. The molecule has 1 saturated heterocycles. The van der Waals surface area contributed by atoms with Gasteiger partial charge in [-0.2, -0.15) is 5.10 Å². The van der Waals surface area contributed by atoms with Gasteiger partial charge in [0, 0.05) is 0 Å². The summed E-state index contributed by atoms with van der Waals surface area (Å²) in [7, 11) is 0. The monoisotopic (exact) mass is 490 g/mol. The summed E-state index contributed by atoms with van der Waals surface area (Å²) in [4.78, 5) is 4.64. The van der Waals surface area contributed by atoms with Crippen molar-refractivity contribution in [2.75, 3.05) is 5.32 Å². The van der Waals surface area contributed by atoms with Crippen LogP contribution in [0.2, 0.25) is 0 Å². The zero-order valence-electron chi connectivity index (χ0n) is 20.0. The van der Waals surface area contributed by atoms with Crippen molar-refractivity contribution in [3.05, 3.63) is 144 Å². The molecule has 1 aliphatic rings. The van der Waals surface area contributed by atoms with Gasteiger partial charge in [0.15, 0.2) is 11.9 Å². The average molecular weight is 491 g/mol. The lowest BCUT2D eigenvalue weighted by Gasteiger charge is -2.37. The van der Waals surface area contributed by atoms with Crippen LogP contribution >= 0.6 is 0 Å². The highest BCUT2D eigenvalue weighted by Gasteiger charge is 2.42. The summed E-state index contributed by atoms with van der Waals surface area (Å²) >= 11 is 0. The van der Waals surface area contributed by atoms with E-state index >= 15 is 0 Å². The highest BCUT2D eigenvalue weighted by molar-refractivity contribution is 5.72. The summed E-state index contributed by atoms with van der Waals surface area (Å²) < 4.78 is 7.37. The molecule has 5 aromatic rings. The fraction of sp³-hybridized carbons (Fsp3) is 0.133. The normalized spacial score (nSPS) is 19.6. The van der Waals surface area contributed by atoms with Crippen molar-refractivity contribution in [3.8, 4) is 0 Å². The number of rotatable bonds is 6. The number of ether oxygens (including phenoxy) is 1. The van der Waals surface area contributed by atoms with E-state index in [-0.39, 0.29) is 5.76 Å². The molecule has 1 aliphatic heterocycles. The maximum absolute atomic E-state index is 10.6. The second kappa shape index (κ2) is 9.20. The average Bonchev–Trinajstić information content (AvgIpc) is 3.50. The van der Waals surface area contributed by atoms with Gasteiger partial charge in [0.05, 0.1) is 5.69 Å². The Morgan fingerprint density at radius 1 is 0.784 bits per heavy atom. The highest BCUT2D eigenvalue weighted by Crippen LogP contribution is 2.41. The van der Waals surface area contributed by atoms with E-state index in [1.807, 2.05) is 66.7 Å². The van der Waals surface area contributed by atoms with E-state index in [2.05, 4.69) is 58.4 Å². The molecule has 0 saturated carbocycles. The third-order valence-corrected chi connectivity index (χ3v) is 6.94. The molecule has 7 nitrogen and oxygen atoms in total. The molecule has 184 valence electrons. The number of anilines is 1. The number of hydrogen-bond acceptors (Lipinski definition) is 6. The molecule has 3 heterocycles. The van der Waals surface area contributed by atoms with Crippen molar-refractivity contribution in [1.82, 2.24) is 14.6 Å². The van der Waals surface area contributed by atoms with Gasteiger partial charge in [-0.3, -0.25) is 0 Å². The zero-order valence-corrected chi connectivity index (χ0v) is 20.0. The molecule has 0 radical (unpaired) electrons. The van der Waals surface area contributed by atoms with E-state index in [4.69, 9.17) is 4.74 Å². The van der Waals surface area contributed by atoms with Gasteiger partial charge in [0.2, 0.25) is 0 Å². The first kappa shape index (κ1) is 23.0. The van der Waals surface area contributed by atoms with Crippen LogP contribution in [0, 0.1) is 0 Å². The maximum Gasteiger partial charge on any atom is 0.169 e. The van der Waals surface area contributed by atoms with Crippen LogP contribution in [-0.2, 0) is 10.3 Å². The van der Waals surface area contributed by atoms with E-state index in [1.165, 1.54) is 6.33 Å². The number of aliphatic hydroxyl groups excluding tert-OH is 2. The van der Waals surface area contributed by atoms with E-state index in [0.717, 1.165) is 16.7 Å². The second-order valence-electron chi connectivity index (χ2n) is 9.08. The zero-order chi connectivity index (χ0) is 25.4. The molecule has 0 spiro atoms.